The van der Waals surface area contributed by atoms with Gasteiger partial charge in [-0.15, -0.1) is 0 Å². The number of carbonyl (C=O) groups is 1. The fourth-order valence-electron chi connectivity index (χ4n) is 4.15. The lowest BCUT2D eigenvalue weighted by atomic mass is 9.89. The molecule has 1 unspecified atom stereocenters. The number of carbonyl (C=O) groups excluding carboxylic acids is 1. The van der Waals surface area contributed by atoms with Crippen LogP contribution in [-0.4, -0.2) is 23.3 Å². The van der Waals surface area contributed by atoms with E-state index in [4.69, 9.17) is 0 Å². The minimum absolute atomic E-state index is 0.182. The van der Waals surface area contributed by atoms with Crippen molar-refractivity contribution in [1.29, 1.82) is 0 Å². The SMILES string of the molecule is CCCCCC1=NC(=O)NC(CCCCC)(c2ccccc2)N1CCCCC. The molecule has 0 fully saturated rings. The largest absolute Gasteiger partial charge is 0.344 e. The van der Waals surface area contributed by atoms with Gasteiger partial charge in [-0.1, -0.05) is 89.6 Å². The Bertz CT molecular complexity index is 614. The number of hydrogen-bond acceptors (Lipinski definition) is 2. The number of unbranched alkanes of at least 4 members (excludes halogenated alkanes) is 6. The molecule has 2 amide bonds. The number of urea groups is 1. The zero-order valence-electron chi connectivity index (χ0n) is 18.2. The van der Waals surface area contributed by atoms with Gasteiger partial charge in [-0.3, -0.25) is 0 Å². The minimum atomic E-state index is -0.468. The molecule has 1 aromatic rings. The van der Waals surface area contributed by atoms with Crippen LogP contribution in [0.1, 0.15) is 97.0 Å². The van der Waals surface area contributed by atoms with Crippen LogP contribution >= 0.6 is 0 Å². The lowest BCUT2D eigenvalue weighted by molar-refractivity contribution is 0.104. The summed E-state index contributed by atoms with van der Waals surface area (Å²) in [5, 5.41) is 3.30. The molecule has 1 N–H and O–H groups in total. The highest BCUT2D eigenvalue weighted by Gasteiger charge is 2.43. The van der Waals surface area contributed by atoms with Gasteiger partial charge in [-0.05, 0) is 31.2 Å². The Morgan fingerprint density at radius 3 is 2.21 bits per heavy atom. The highest BCUT2D eigenvalue weighted by atomic mass is 16.2. The molecule has 28 heavy (non-hydrogen) atoms. The Balaban J connectivity index is 2.40. The maximum absolute atomic E-state index is 12.7. The first-order valence-corrected chi connectivity index (χ1v) is 11.4. The first-order valence-electron chi connectivity index (χ1n) is 11.4. The van der Waals surface area contributed by atoms with E-state index in [-0.39, 0.29) is 6.03 Å². The Kier molecular flexibility index (Phi) is 9.52. The molecule has 1 aliphatic rings. The summed E-state index contributed by atoms with van der Waals surface area (Å²) in [4.78, 5) is 19.6. The van der Waals surface area contributed by atoms with Crippen LogP contribution in [0.25, 0.3) is 0 Å². The van der Waals surface area contributed by atoms with E-state index in [1.165, 1.54) is 44.1 Å². The number of amidine groups is 1. The van der Waals surface area contributed by atoms with Crippen LogP contribution in [-0.2, 0) is 5.66 Å². The second kappa shape index (κ2) is 11.9. The molecule has 0 aromatic heterocycles. The van der Waals surface area contributed by atoms with Gasteiger partial charge in [0, 0.05) is 13.0 Å². The van der Waals surface area contributed by atoms with E-state index in [1.807, 2.05) is 6.07 Å². The summed E-state index contributed by atoms with van der Waals surface area (Å²) < 4.78 is 0. The van der Waals surface area contributed by atoms with Crippen molar-refractivity contribution in [2.24, 2.45) is 4.99 Å². The van der Waals surface area contributed by atoms with Gasteiger partial charge in [0.15, 0.2) is 0 Å². The average Bonchev–Trinajstić information content (AvgIpc) is 2.71. The van der Waals surface area contributed by atoms with Gasteiger partial charge in [-0.2, -0.15) is 4.99 Å². The summed E-state index contributed by atoms with van der Waals surface area (Å²) in [7, 11) is 0. The van der Waals surface area contributed by atoms with E-state index in [0.29, 0.717) is 0 Å². The van der Waals surface area contributed by atoms with Gasteiger partial charge < -0.3 is 10.2 Å². The molecule has 2 rings (SSSR count). The molecule has 1 atom stereocenters. The highest BCUT2D eigenvalue weighted by Crippen LogP contribution is 2.35. The first kappa shape index (κ1) is 22.4. The van der Waals surface area contributed by atoms with Crippen LogP contribution in [0, 0.1) is 0 Å². The molecule has 4 heteroatoms. The van der Waals surface area contributed by atoms with Crippen molar-refractivity contribution in [3.63, 3.8) is 0 Å². The third kappa shape index (κ3) is 5.83. The van der Waals surface area contributed by atoms with Crippen molar-refractivity contribution >= 4 is 11.9 Å². The van der Waals surface area contributed by atoms with Crippen LogP contribution < -0.4 is 5.32 Å². The van der Waals surface area contributed by atoms with Gasteiger partial charge in [0.05, 0.1) is 0 Å². The van der Waals surface area contributed by atoms with Gasteiger partial charge in [-0.25, -0.2) is 4.79 Å². The summed E-state index contributed by atoms with van der Waals surface area (Å²) in [5.74, 6) is 0.980. The number of nitrogens with zero attached hydrogens (tertiary/aromatic N) is 2. The lowest BCUT2D eigenvalue weighted by Gasteiger charge is -2.49. The smallest absolute Gasteiger partial charge is 0.333 e. The second-order valence-electron chi connectivity index (χ2n) is 7.96. The fourth-order valence-corrected chi connectivity index (χ4v) is 4.15. The molecule has 0 aliphatic carbocycles. The topological polar surface area (TPSA) is 44.7 Å². The summed E-state index contributed by atoms with van der Waals surface area (Å²) in [6, 6.07) is 10.3. The average molecular weight is 386 g/mol. The van der Waals surface area contributed by atoms with Crippen LogP contribution in [0.3, 0.4) is 0 Å². The predicted octanol–water partition coefficient (Wildman–Crippen LogP) is 6.61. The van der Waals surface area contributed by atoms with E-state index >= 15 is 0 Å². The molecule has 1 heterocycles. The Morgan fingerprint density at radius 2 is 1.54 bits per heavy atom. The maximum Gasteiger partial charge on any atom is 0.344 e. The van der Waals surface area contributed by atoms with Crippen LogP contribution in [0.15, 0.2) is 35.3 Å². The molecule has 0 radical (unpaired) electrons. The number of aliphatic imine (C=N–C) groups is 1. The molecular weight excluding hydrogens is 346 g/mol. The van der Waals surface area contributed by atoms with Crippen LogP contribution in [0.2, 0.25) is 0 Å². The number of amides is 2. The third-order valence-electron chi connectivity index (χ3n) is 5.70. The van der Waals surface area contributed by atoms with Gasteiger partial charge >= 0.3 is 6.03 Å². The molecule has 4 nitrogen and oxygen atoms in total. The molecule has 0 bridgehead atoms. The van der Waals surface area contributed by atoms with Crippen LogP contribution in [0.4, 0.5) is 4.79 Å². The zero-order chi connectivity index (χ0) is 20.2. The Hall–Kier alpha value is -1.84. The molecule has 0 saturated carbocycles. The zero-order valence-corrected chi connectivity index (χ0v) is 18.2. The number of rotatable bonds is 13. The summed E-state index contributed by atoms with van der Waals surface area (Å²) >= 11 is 0. The van der Waals surface area contributed by atoms with Gasteiger partial charge in [0.25, 0.3) is 0 Å². The lowest BCUT2D eigenvalue weighted by Crippen LogP contribution is -2.63. The van der Waals surface area contributed by atoms with Crippen molar-refractivity contribution < 1.29 is 4.79 Å². The van der Waals surface area contributed by atoms with E-state index in [2.05, 4.69) is 60.2 Å². The fraction of sp³-hybridized carbons (Fsp3) is 0.667. The van der Waals surface area contributed by atoms with Gasteiger partial charge in [0.1, 0.15) is 11.5 Å². The number of hydrogen-bond donors (Lipinski definition) is 1. The summed E-state index contributed by atoms with van der Waals surface area (Å²) in [6.45, 7) is 7.62. The predicted molar refractivity (Wildman–Crippen MR) is 119 cm³/mol. The summed E-state index contributed by atoms with van der Waals surface area (Å²) in [6.07, 6.45) is 12.2. The van der Waals surface area contributed by atoms with E-state index < -0.39 is 5.66 Å². The Labute approximate surface area is 171 Å². The van der Waals surface area contributed by atoms with Gasteiger partial charge in [0.2, 0.25) is 0 Å². The minimum Gasteiger partial charge on any atom is -0.333 e. The molecule has 156 valence electrons. The monoisotopic (exact) mass is 385 g/mol. The standard InChI is InChI=1S/C24H39N3O/c1-4-7-11-18-22-25-23(28)26-24(19-14-8-5-2,21-16-12-10-13-17-21)27(22)20-15-9-6-3/h10,12-13,16-17H,4-9,11,14-15,18-20H2,1-3H3,(H,26,28). The van der Waals surface area contributed by atoms with E-state index in [9.17, 15) is 4.79 Å². The molecule has 1 aromatic carbocycles. The number of benzene rings is 1. The Morgan fingerprint density at radius 1 is 0.893 bits per heavy atom. The first-order chi connectivity index (χ1) is 13.7. The van der Waals surface area contributed by atoms with Crippen molar-refractivity contribution in [1.82, 2.24) is 10.2 Å². The third-order valence-corrected chi connectivity index (χ3v) is 5.70. The van der Waals surface area contributed by atoms with Crippen molar-refractivity contribution in [2.45, 2.75) is 97.1 Å². The van der Waals surface area contributed by atoms with Crippen molar-refractivity contribution in [3.05, 3.63) is 35.9 Å². The quantitative estimate of drug-likeness (QED) is 0.388. The van der Waals surface area contributed by atoms with E-state index in [0.717, 1.165) is 44.5 Å². The molecule has 0 spiro atoms. The normalized spacial score (nSPS) is 19.5. The van der Waals surface area contributed by atoms with Crippen molar-refractivity contribution in [3.8, 4) is 0 Å². The highest BCUT2D eigenvalue weighted by molar-refractivity contribution is 5.97. The van der Waals surface area contributed by atoms with Crippen LogP contribution in [0.5, 0.6) is 0 Å². The van der Waals surface area contributed by atoms with Crippen molar-refractivity contribution in [2.75, 3.05) is 6.54 Å². The second-order valence-corrected chi connectivity index (χ2v) is 7.96. The molecule has 0 saturated heterocycles. The molecule has 1 aliphatic heterocycles. The summed E-state index contributed by atoms with van der Waals surface area (Å²) in [5.41, 5.74) is 0.712. The molecular formula is C24H39N3O. The maximum atomic E-state index is 12.7. The van der Waals surface area contributed by atoms with E-state index in [1.54, 1.807) is 0 Å². The number of nitrogens with one attached hydrogen (secondary N) is 1.